The minimum Gasteiger partial charge on any atom is -0.462 e. The van der Waals surface area contributed by atoms with Crippen LogP contribution < -0.4 is 4.90 Å². The van der Waals surface area contributed by atoms with Gasteiger partial charge in [-0.25, -0.2) is 4.79 Å². The van der Waals surface area contributed by atoms with Crippen molar-refractivity contribution in [2.24, 2.45) is 0 Å². The minimum absolute atomic E-state index is 0.132. The van der Waals surface area contributed by atoms with Crippen LogP contribution in [-0.4, -0.2) is 24.9 Å². The van der Waals surface area contributed by atoms with Crippen molar-refractivity contribution in [2.45, 2.75) is 34.1 Å². The Labute approximate surface area is 125 Å². The van der Waals surface area contributed by atoms with E-state index in [1.54, 1.807) is 6.92 Å². The van der Waals surface area contributed by atoms with Crippen molar-refractivity contribution in [1.29, 1.82) is 0 Å². The number of ether oxygens (including phenoxy) is 1. The summed E-state index contributed by atoms with van der Waals surface area (Å²) in [6.45, 7) is 8.49. The molecule has 0 unspecified atom stereocenters. The molecular weight excluding hydrogens is 266 g/mol. The molecule has 0 amide bonds. The maximum absolute atomic E-state index is 12.1. The van der Waals surface area contributed by atoms with Crippen molar-refractivity contribution in [3.05, 3.63) is 40.6 Å². The highest BCUT2D eigenvalue weighted by atomic mass is 16.5. The molecule has 0 aliphatic carbocycles. The molecule has 1 aliphatic heterocycles. The fourth-order valence-corrected chi connectivity index (χ4v) is 2.72. The van der Waals surface area contributed by atoms with Crippen LogP contribution in [-0.2, 0) is 14.3 Å². The first-order valence-corrected chi connectivity index (χ1v) is 7.21. The van der Waals surface area contributed by atoms with Gasteiger partial charge in [0.15, 0.2) is 5.78 Å². The van der Waals surface area contributed by atoms with E-state index in [2.05, 4.69) is 6.07 Å². The largest absolute Gasteiger partial charge is 0.462 e. The lowest BCUT2D eigenvalue weighted by atomic mass is 9.99. The van der Waals surface area contributed by atoms with Crippen molar-refractivity contribution in [3.8, 4) is 0 Å². The van der Waals surface area contributed by atoms with Crippen LogP contribution in [0.2, 0.25) is 0 Å². The lowest BCUT2D eigenvalue weighted by Crippen LogP contribution is -2.35. The molecule has 1 aliphatic rings. The average molecular weight is 287 g/mol. The van der Waals surface area contributed by atoms with E-state index in [4.69, 9.17) is 4.74 Å². The predicted octanol–water partition coefficient (Wildman–Crippen LogP) is 2.92. The number of allylic oxidation sites excluding steroid dienone is 1. The Morgan fingerprint density at radius 3 is 2.62 bits per heavy atom. The summed E-state index contributed by atoms with van der Waals surface area (Å²) < 4.78 is 5.01. The maximum atomic E-state index is 12.1. The van der Waals surface area contributed by atoms with E-state index in [0.717, 1.165) is 11.3 Å². The Morgan fingerprint density at radius 1 is 1.29 bits per heavy atom. The van der Waals surface area contributed by atoms with Crippen LogP contribution in [0.15, 0.2) is 29.5 Å². The zero-order valence-corrected chi connectivity index (χ0v) is 13.0. The third kappa shape index (κ3) is 2.99. The highest BCUT2D eigenvalue weighted by Crippen LogP contribution is 2.30. The van der Waals surface area contributed by atoms with E-state index in [-0.39, 0.29) is 18.0 Å². The van der Waals surface area contributed by atoms with Gasteiger partial charge in [-0.05, 0) is 39.3 Å². The van der Waals surface area contributed by atoms with Crippen molar-refractivity contribution in [3.63, 3.8) is 0 Å². The molecule has 0 bridgehead atoms. The van der Waals surface area contributed by atoms with Crippen molar-refractivity contribution < 1.29 is 14.3 Å². The van der Waals surface area contributed by atoms with Crippen LogP contribution in [0.3, 0.4) is 0 Å². The first-order chi connectivity index (χ1) is 9.95. The summed E-state index contributed by atoms with van der Waals surface area (Å²) >= 11 is 0. The molecule has 0 spiro atoms. The van der Waals surface area contributed by atoms with Crippen molar-refractivity contribution >= 4 is 17.4 Å². The zero-order chi connectivity index (χ0) is 15.6. The minimum atomic E-state index is -0.519. The van der Waals surface area contributed by atoms with Crippen LogP contribution in [0.4, 0.5) is 5.69 Å². The number of carbonyl (C=O) groups is 2. The molecular formula is C17H21NO3. The van der Waals surface area contributed by atoms with E-state index in [9.17, 15) is 9.59 Å². The Hall–Kier alpha value is -2.10. The summed E-state index contributed by atoms with van der Waals surface area (Å²) in [5.41, 5.74) is 4.22. The normalized spacial score (nSPS) is 15.4. The molecule has 4 heteroatoms. The van der Waals surface area contributed by atoms with Crippen LogP contribution in [0.25, 0.3) is 0 Å². The smallest absolute Gasteiger partial charge is 0.343 e. The number of nitrogens with zero attached hydrogens (tertiary/aromatic N) is 1. The molecule has 0 aromatic heterocycles. The molecule has 0 atom stereocenters. The second-order valence-electron chi connectivity index (χ2n) is 5.30. The number of aryl methyl sites for hydroxylation is 2. The van der Waals surface area contributed by atoms with Gasteiger partial charge in [0, 0.05) is 24.4 Å². The number of carbonyl (C=O) groups excluding carboxylic acids is 2. The number of Topliss-reactive ketones (excluding diaryl/α,β-unsaturated/α-hetero) is 1. The van der Waals surface area contributed by atoms with Gasteiger partial charge in [0.25, 0.3) is 0 Å². The maximum Gasteiger partial charge on any atom is 0.343 e. The molecule has 0 saturated heterocycles. The molecule has 112 valence electrons. The summed E-state index contributed by atoms with van der Waals surface area (Å²) in [6.07, 6.45) is 0.332. The van der Waals surface area contributed by atoms with Crippen LogP contribution in [0.1, 0.15) is 31.4 Å². The molecule has 0 saturated carbocycles. The van der Waals surface area contributed by atoms with Crippen molar-refractivity contribution in [1.82, 2.24) is 0 Å². The third-order valence-corrected chi connectivity index (χ3v) is 3.73. The second-order valence-corrected chi connectivity index (χ2v) is 5.30. The van der Waals surface area contributed by atoms with Crippen molar-refractivity contribution in [2.75, 3.05) is 18.1 Å². The monoisotopic (exact) mass is 287 g/mol. The number of esters is 1. The number of hydrogen-bond donors (Lipinski definition) is 0. The number of benzene rings is 1. The Balaban J connectivity index is 2.45. The Morgan fingerprint density at radius 2 is 2.00 bits per heavy atom. The van der Waals surface area contributed by atoms with Crippen LogP contribution in [0.5, 0.6) is 0 Å². The molecule has 4 nitrogen and oxygen atoms in total. The van der Waals surface area contributed by atoms with Gasteiger partial charge in [0.05, 0.1) is 6.61 Å². The van der Waals surface area contributed by atoms with Gasteiger partial charge in [0.2, 0.25) is 0 Å². The van der Waals surface area contributed by atoms with Gasteiger partial charge < -0.3 is 9.64 Å². The molecule has 1 heterocycles. The molecule has 0 fully saturated rings. The average Bonchev–Trinajstić information content (AvgIpc) is 2.40. The van der Waals surface area contributed by atoms with Crippen LogP contribution >= 0.6 is 0 Å². The Bertz CT molecular complexity index is 616. The van der Waals surface area contributed by atoms with Gasteiger partial charge in [-0.15, -0.1) is 0 Å². The van der Waals surface area contributed by atoms with Gasteiger partial charge in [0.1, 0.15) is 5.57 Å². The Kier molecular flexibility index (Phi) is 4.46. The highest BCUT2D eigenvalue weighted by Gasteiger charge is 2.30. The molecule has 1 aromatic rings. The second kappa shape index (κ2) is 6.12. The quantitative estimate of drug-likeness (QED) is 0.633. The summed E-state index contributed by atoms with van der Waals surface area (Å²) in [4.78, 5) is 26.1. The summed E-state index contributed by atoms with van der Waals surface area (Å²) in [7, 11) is 0. The number of hydrogen-bond acceptors (Lipinski definition) is 4. The topological polar surface area (TPSA) is 46.6 Å². The fraction of sp³-hybridized carbons (Fsp3) is 0.412. The van der Waals surface area contributed by atoms with E-state index in [1.807, 2.05) is 37.8 Å². The van der Waals surface area contributed by atoms with E-state index in [1.165, 1.54) is 5.56 Å². The van der Waals surface area contributed by atoms with Gasteiger partial charge >= 0.3 is 5.97 Å². The summed E-state index contributed by atoms with van der Waals surface area (Å²) in [5, 5.41) is 0. The molecule has 2 rings (SSSR count). The van der Waals surface area contributed by atoms with E-state index < -0.39 is 5.97 Å². The number of ketones is 1. The van der Waals surface area contributed by atoms with Gasteiger partial charge in [-0.3, -0.25) is 4.79 Å². The first-order valence-electron chi connectivity index (χ1n) is 7.21. The summed E-state index contributed by atoms with van der Waals surface area (Å²) in [5.74, 6) is -0.651. The standard InChI is InChI=1S/C17H21NO3/c1-5-21-17(20)16-13(4)18(9-8-15(16)19)14-7-6-11(2)10-12(14)3/h6-7,10H,5,8-9H2,1-4H3. The molecule has 0 radical (unpaired) electrons. The molecule has 0 N–H and O–H groups in total. The zero-order valence-electron chi connectivity index (χ0n) is 13.0. The molecule has 21 heavy (non-hydrogen) atoms. The predicted molar refractivity (Wildman–Crippen MR) is 82.2 cm³/mol. The highest BCUT2D eigenvalue weighted by molar-refractivity contribution is 6.19. The van der Waals surface area contributed by atoms with E-state index in [0.29, 0.717) is 18.7 Å². The number of anilines is 1. The fourth-order valence-electron chi connectivity index (χ4n) is 2.72. The number of rotatable bonds is 3. The van der Waals surface area contributed by atoms with Gasteiger partial charge in [-0.2, -0.15) is 0 Å². The molecule has 1 aromatic carbocycles. The van der Waals surface area contributed by atoms with Crippen LogP contribution in [0, 0.1) is 13.8 Å². The third-order valence-electron chi connectivity index (χ3n) is 3.73. The SMILES string of the molecule is CCOC(=O)C1=C(C)N(c2ccc(C)cc2C)CCC1=O. The van der Waals surface area contributed by atoms with Gasteiger partial charge in [-0.1, -0.05) is 17.7 Å². The van der Waals surface area contributed by atoms with E-state index >= 15 is 0 Å². The first kappa shape index (κ1) is 15.3. The summed E-state index contributed by atoms with van der Waals surface area (Å²) in [6, 6.07) is 6.17. The lowest BCUT2D eigenvalue weighted by molar-refractivity contribution is -0.140. The lowest BCUT2D eigenvalue weighted by Gasteiger charge is -2.32.